The number of carbonyl (C=O) groups is 2. The van der Waals surface area contributed by atoms with Crippen molar-refractivity contribution in [1.29, 1.82) is 0 Å². The largest absolute Gasteiger partial charge is 0.497 e. The fraction of sp³-hybridized carbons (Fsp3) is 0.312. The van der Waals surface area contributed by atoms with E-state index >= 15 is 0 Å². The molecule has 1 aromatic carbocycles. The maximum Gasteiger partial charge on any atom is 0.414 e. The highest BCUT2D eigenvalue weighted by molar-refractivity contribution is 6.27. The van der Waals surface area contributed by atoms with E-state index in [0.29, 0.717) is 0 Å². The van der Waals surface area contributed by atoms with Crippen LogP contribution < -0.4 is 4.74 Å². The Balaban J connectivity index is 0.000000379. The van der Waals surface area contributed by atoms with Gasteiger partial charge < -0.3 is 19.9 Å². The van der Waals surface area contributed by atoms with Crippen LogP contribution in [0.1, 0.15) is 24.7 Å². The molecule has 0 fully saturated rings. The van der Waals surface area contributed by atoms with Crippen LogP contribution in [0.5, 0.6) is 5.75 Å². The van der Waals surface area contributed by atoms with Gasteiger partial charge >= 0.3 is 11.9 Å². The first-order valence-electron chi connectivity index (χ1n) is 7.05. The second-order valence-corrected chi connectivity index (χ2v) is 4.75. The molecule has 3 N–H and O–H groups in total. The molecule has 0 bridgehead atoms. The van der Waals surface area contributed by atoms with Crippen LogP contribution >= 0.6 is 0 Å². The fourth-order valence-corrected chi connectivity index (χ4v) is 1.86. The van der Waals surface area contributed by atoms with Crippen molar-refractivity contribution in [3.8, 4) is 17.1 Å². The van der Waals surface area contributed by atoms with Crippen LogP contribution in [0.25, 0.3) is 11.4 Å². The summed E-state index contributed by atoms with van der Waals surface area (Å²) >= 11 is 0. The number of rotatable bonds is 4. The van der Waals surface area contributed by atoms with E-state index in [0.717, 1.165) is 35.7 Å². The Morgan fingerprint density at radius 2 is 1.74 bits per heavy atom. The van der Waals surface area contributed by atoms with Gasteiger partial charge in [-0.05, 0) is 37.6 Å². The normalized spacial score (nSPS) is 9.70. The molecule has 0 atom stereocenters. The molecular formula is C16H20N2O5. The Morgan fingerprint density at radius 1 is 1.17 bits per heavy atom. The number of H-pyrrole nitrogens is 1. The molecule has 0 amide bonds. The van der Waals surface area contributed by atoms with Crippen LogP contribution in [0, 0.1) is 6.92 Å². The van der Waals surface area contributed by atoms with Gasteiger partial charge in [0.15, 0.2) is 0 Å². The van der Waals surface area contributed by atoms with Gasteiger partial charge in [-0.15, -0.1) is 0 Å². The number of hydrogen-bond acceptors (Lipinski definition) is 4. The molecule has 0 aliphatic heterocycles. The molecule has 2 rings (SSSR count). The van der Waals surface area contributed by atoms with Crippen molar-refractivity contribution in [1.82, 2.24) is 9.97 Å². The van der Waals surface area contributed by atoms with Gasteiger partial charge in [0.25, 0.3) is 0 Å². The third-order valence-corrected chi connectivity index (χ3v) is 3.02. The van der Waals surface area contributed by atoms with Gasteiger partial charge in [-0.25, -0.2) is 14.6 Å². The Bertz CT molecular complexity index is 650. The molecule has 7 heteroatoms. The van der Waals surface area contributed by atoms with Crippen molar-refractivity contribution >= 4 is 11.9 Å². The van der Waals surface area contributed by atoms with Crippen molar-refractivity contribution in [2.45, 2.75) is 26.7 Å². The molecule has 0 radical (unpaired) electrons. The second-order valence-electron chi connectivity index (χ2n) is 4.75. The standard InChI is InChI=1S/C14H18N2O.C2H2O4/c1-4-5-13-10(2)15-14(16-13)11-6-8-12(17-3)9-7-11;3-1(4)2(5)6/h6-9H,4-5H2,1-3H3,(H,15,16);(H,3,4)(H,5,6). The van der Waals surface area contributed by atoms with E-state index in [-0.39, 0.29) is 0 Å². The van der Waals surface area contributed by atoms with E-state index in [1.807, 2.05) is 24.3 Å². The predicted molar refractivity (Wildman–Crippen MR) is 84.6 cm³/mol. The van der Waals surface area contributed by atoms with Crippen LogP contribution in [-0.4, -0.2) is 39.2 Å². The number of ether oxygens (including phenoxy) is 1. The number of aryl methyl sites for hydroxylation is 2. The molecule has 1 heterocycles. The second kappa shape index (κ2) is 8.57. The van der Waals surface area contributed by atoms with E-state index < -0.39 is 11.9 Å². The van der Waals surface area contributed by atoms with Crippen molar-refractivity contribution in [2.75, 3.05) is 7.11 Å². The number of nitrogens with one attached hydrogen (secondary N) is 1. The Hall–Kier alpha value is -2.83. The number of carboxylic acids is 2. The molecule has 2 aromatic rings. The van der Waals surface area contributed by atoms with Crippen molar-refractivity contribution < 1.29 is 24.5 Å². The summed E-state index contributed by atoms with van der Waals surface area (Å²) in [5.74, 6) is -1.84. The lowest BCUT2D eigenvalue weighted by Gasteiger charge is -2.00. The molecular weight excluding hydrogens is 300 g/mol. The van der Waals surface area contributed by atoms with Gasteiger partial charge in [-0.3, -0.25) is 0 Å². The van der Waals surface area contributed by atoms with Crippen LogP contribution in [-0.2, 0) is 16.0 Å². The number of nitrogens with zero attached hydrogens (tertiary/aromatic N) is 1. The molecule has 0 aliphatic rings. The van der Waals surface area contributed by atoms with E-state index in [9.17, 15) is 0 Å². The summed E-state index contributed by atoms with van der Waals surface area (Å²) in [6, 6.07) is 7.94. The SMILES string of the molecule is CCCc1nc(-c2ccc(OC)cc2)[nH]c1C.O=C(O)C(=O)O. The third-order valence-electron chi connectivity index (χ3n) is 3.02. The van der Waals surface area contributed by atoms with E-state index in [1.54, 1.807) is 7.11 Å². The first-order chi connectivity index (χ1) is 10.9. The summed E-state index contributed by atoms with van der Waals surface area (Å²) in [6.45, 7) is 4.24. The Labute approximate surface area is 134 Å². The first kappa shape index (κ1) is 18.2. The van der Waals surface area contributed by atoms with Gasteiger partial charge in [-0.2, -0.15) is 0 Å². The molecule has 0 spiro atoms. The number of aromatic nitrogens is 2. The summed E-state index contributed by atoms with van der Waals surface area (Å²) in [5, 5.41) is 14.8. The zero-order valence-electron chi connectivity index (χ0n) is 13.3. The quantitative estimate of drug-likeness (QED) is 0.746. The van der Waals surface area contributed by atoms with Crippen LogP contribution in [0.2, 0.25) is 0 Å². The van der Waals surface area contributed by atoms with Gasteiger partial charge in [0.05, 0.1) is 12.8 Å². The third kappa shape index (κ3) is 5.46. The first-order valence-corrected chi connectivity index (χ1v) is 7.05. The average Bonchev–Trinajstić information content (AvgIpc) is 2.89. The molecule has 1 aromatic heterocycles. The summed E-state index contributed by atoms with van der Waals surface area (Å²) in [7, 11) is 1.67. The molecule has 0 saturated carbocycles. The number of carboxylic acid groups (broad SMARTS) is 2. The number of imidazole rings is 1. The summed E-state index contributed by atoms with van der Waals surface area (Å²) < 4.78 is 5.14. The van der Waals surface area contributed by atoms with Crippen molar-refractivity contribution in [2.24, 2.45) is 0 Å². The maximum atomic E-state index is 9.10. The van der Waals surface area contributed by atoms with E-state index in [4.69, 9.17) is 24.5 Å². The lowest BCUT2D eigenvalue weighted by atomic mass is 10.2. The molecule has 7 nitrogen and oxygen atoms in total. The highest BCUT2D eigenvalue weighted by atomic mass is 16.5. The summed E-state index contributed by atoms with van der Waals surface area (Å²) in [4.78, 5) is 26.2. The van der Waals surface area contributed by atoms with E-state index in [1.165, 1.54) is 5.69 Å². The smallest absolute Gasteiger partial charge is 0.414 e. The summed E-state index contributed by atoms with van der Waals surface area (Å²) in [6.07, 6.45) is 2.15. The number of hydrogen-bond donors (Lipinski definition) is 3. The topological polar surface area (TPSA) is 113 Å². The highest BCUT2D eigenvalue weighted by Gasteiger charge is 2.07. The van der Waals surface area contributed by atoms with Gasteiger partial charge in [0, 0.05) is 11.3 Å². The Morgan fingerprint density at radius 3 is 2.17 bits per heavy atom. The van der Waals surface area contributed by atoms with Crippen molar-refractivity contribution in [3.63, 3.8) is 0 Å². The fourth-order valence-electron chi connectivity index (χ4n) is 1.86. The monoisotopic (exact) mass is 320 g/mol. The number of aliphatic carboxylic acids is 2. The average molecular weight is 320 g/mol. The number of aromatic amines is 1. The number of methoxy groups -OCH3 is 1. The van der Waals surface area contributed by atoms with Gasteiger partial charge in [0.1, 0.15) is 11.6 Å². The minimum absolute atomic E-state index is 0.866. The van der Waals surface area contributed by atoms with Gasteiger partial charge in [-0.1, -0.05) is 13.3 Å². The lowest BCUT2D eigenvalue weighted by molar-refractivity contribution is -0.159. The zero-order chi connectivity index (χ0) is 17.4. The van der Waals surface area contributed by atoms with Crippen LogP contribution in [0.15, 0.2) is 24.3 Å². The van der Waals surface area contributed by atoms with Crippen LogP contribution in [0.3, 0.4) is 0 Å². The minimum Gasteiger partial charge on any atom is -0.497 e. The summed E-state index contributed by atoms with van der Waals surface area (Å²) in [5.41, 5.74) is 3.42. The zero-order valence-corrected chi connectivity index (χ0v) is 13.3. The molecule has 0 unspecified atom stereocenters. The molecule has 23 heavy (non-hydrogen) atoms. The van der Waals surface area contributed by atoms with E-state index in [2.05, 4.69) is 23.8 Å². The molecule has 0 aliphatic carbocycles. The van der Waals surface area contributed by atoms with Crippen LogP contribution in [0.4, 0.5) is 0 Å². The van der Waals surface area contributed by atoms with Crippen molar-refractivity contribution in [3.05, 3.63) is 35.7 Å². The minimum atomic E-state index is -1.82. The molecule has 0 saturated heterocycles. The predicted octanol–water partition coefficient (Wildman–Crippen LogP) is 2.50. The van der Waals surface area contributed by atoms with Gasteiger partial charge in [0.2, 0.25) is 0 Å². The maximum absolute atomic E-state index is 9.10. The highest BCUT2D eigenvalue weighted by Crippen LogP contribution is 2.21. The number of benzene rings is 1. The molecule has 124 valence electrons. The lowest BCUT2D eigenvalue weighted by Crippen LogP contribution is -2.09. The Kier molecular flexibility index (Phi) is 6.79.